The van der Waals surface area contributed by atoms with Crippen LogP contribution in [0.2, 0.25) is 0 Å². The number of aromatic nitrogens is 1. The maximum Gasteiger partial charge on any atom is 0.194 e. The van der Waals surface area contributed by atoms with Crippen LogP contribution in [-0.2, 0) is 6.54 Å². The molecule has 0 amide bonds. The summed E-state index contributed by atoms with van der Waals surface area (Å²) >= 11 is 0. The molecule has 0 radical (unpaired) electrons. The Morgan fingerprint density at radius 3 is 2.83 bits per heavy atom. The lowest BCUT2D eigenvalue weighted by Gasteiger charge is -2.21. The molecule has 0 spiro atoms. The van der Waals surface area contributed by atoms with Crippen molar-refractivity contribution < 1.29 is 9.26 Å². The van der Waals surface area contributed by atoms with Crippen molar-refractivity contribution in [1.82, 2.24) is 15.4 Å². The van der Waals surface area contributed by atoms with Crippen LogP contribution in [0.4, 0.5) is 0 Å². The van der Waals surface area contributed by atoms with Crippen molar-refractivity contribution in [2.75, 3.05) is 27.2 Å². The van der Waals surface area contributed by atoms with Gasteiger partial charge in [-0.1, -0.05) is 17.3 Å². The monoisotopic (exact) mass is 328 g/mol. The average Bonchev–Trinajstić information content (AvgIpc) is 3.25. The Labute approximate surface area is 142 Å². The normalized spacial score (nSPS) is 18.0. The van der Waals surface area contributed by atoms with Crippen molar-refractivity contribution >= 4 is 5.96 Å². The summed E-state index contributed by atoms with van der Waals surface area (Å²) in [5.74, 6) is 3.13. The average molecular weight is 328 g/mol. The highest BCUT2D eigenvalue weighted by atomic mass is 16.5. The van der Waals surface area contributed by atoms with Gasteiger partial charge in [0, 0.05) is 32.1 Å². The molecule has 6 nitrogen and oxygen atoms in total. The van der Waals surface area contributed by atoms with Crippen LogP contribution in [0, 0.1) is 6.92 Å². The number of aryl methyl sites for hydroxylation is 1. The molecule has 1 aliphatic rings. The molecule has 1 fully saturated rings. The number of rotatable bonds is 4. The maximum atomic E-state index is 5.24. The first kappa shape index (κ1) is 16.4. The summed E-state index contributed by atoms with van der Waals surface area (Å²) in [5.41, 5.74) is 2.24. The van der Waals surface area contributed by atoms with E-state index in [4.69, 9.17) is 9.26 Å². The van der Waals surface area contributed by atoms with Gasteiger partial charge in [-0.2, -0.15) is 0 Å². The van der Waals surface area contributed by atoms with Crippen LogP contribution in [-0.4, -0.2) is 43.3 Å². The molecule has 1 N–H and O–H groups in total. The van der Waals surface area contributed by atoms with Gasteiger partial charge in [-0.15, -0.1) is 0 Å². The Balaban J connectivity index is 1.58. The van der Waals surface area contributed by atoms with Crippen LogP contribution >= 0.6 is 0 Å². The Kier molecular flexibility index (Phi) is 5.03. The zero-order valence-electron chi connectivity index (χ0n) is 14.5. The third kappa shape index (κ3) is 3.69. The molecule has 0 saturated carbocycles. The van der Waals surface area contributed by atoms with Gasteiger partial charge in [0.05, 0.1) is 19.3 Å². The van der Waals surface area contributed by atoms with Gasteiger partial charge in [-0.25, -0.2) is 0 Å². The molecule has 1 saturated heterocycles. The summed E-state index contributed by atoms with van der Waals surface area (Å²) in [6.45, 7) is 4.46. The number of ether oxygens (including phenoxy) is 1. The summed E-state index contributed by atoms with van der Waals surface area (Å²) in [6, 6.07) is 10.3. The quantitative estimate of drug-likeness (QED) is 0.690. The predicted molar refractivity (Wildman–Crippen MR) is 93.4 cm³/mol. The third-order valence-corrected chi connectivity index (χ3v) is 4.38. The fraction of sp³-hybridized carbons (Fsp3) is 0.444. The highest BCUT2D eigenvalue weighted by Crippen LogP contribution is 2.28. The second-order valence-electron chi connectivity index (χ2n) is 6.04. The van der Waals surface area contributed by atoms with Gasteiger partial charge in [0.2, 0.25) is 0 Å². The van der Waals surface area contributed by atoms with Crippen LogP contribution < -0.4 is 10.1 Å². The van der Waals surface area contributed by atoms with Crippen LogP contribution in [0.25, 0.3) is 0 Å². The van der Waals surface area contributed by atoms with E-state index in [1.807, 2.05) is 32.2 Å². The molecule has 6 heteroatoms. The van der Waals surface area contributed by atoms with Crippen molar-refractivity contribution in [3.05, 3.63) is 47.3 Å². The van der Waals surface area contributed by atoms with Crippen molar-refractivity contribution in [3.63, 3.8) is 0 Å². The Bertz CT molecular complexity index is 693. The zero-order chi connectivity index (χ0) is 16.9. The van der Waals surface area contributed by atoms with E-state index in [0.717, 1.165) is 42.7 Å². The lowest BCUT2D eigenvalue weighted by atomic mass is 9.98. The second-order valence-corrected chi connectivity index (χ2v) is 6.04. The topological polar surface area (TPSA) is 62.9 Å². The van der Waals surface area contributed by atoms with E-state index in [-0.39, 0.29) is 0 Å². The third-order valence-electron chi connectivity index (χ3n) is 4.38. The molecule has 0 aliphatic carbocycles. The largest absolute Gasteiger partial charge is 0.497 e. The minimum Gasteiger partial charge on any atom is -0.497 e. The Morgan fingerprint density at radius 1 is 1.42 bits per heavy atom. The SMILES string of the molecule is CN=C(NCc1cc(C)no1)N1CCC(c2ccc(OC)cc2)C1. The van der Waals surface area contributed by atoms with Crippen molar-refractivity contribution in [1.29, 1.82) is 0 Å². The molecule has 1 aliphatic heterocycles. The van der Waals surface area contributed by atoms with E-state index >= 15 is 0 Å². The summed E-state index contributed by atoms with van der Waals surface area (Å²) < 4.78 is 10.5. The van der Waals surface area contributed by atoms with Crippen LogP contribution in [0.15, 0.2) is 39.8 Å². The van der Waals surface area contributed by atoms with Crippen LogP contribution in [0.3, 0.4) is 0 Å². The number of hydrogen-bond acceptors (Lipinski definition) is 4. The van der Waals surface area contributed by atoms with E-state index in [1.54, 1.807) is 7.11 Å². The molecular formula is C18H24N4O2. The molecule has 24 heavy (non-hydrogen) atoms. The van der Waals surface area contributed by atoms with Gasteiger partial charge in [0.15, 0.2) is 11.7 Å². The highest BCUT2D eigenvalue weighted by Gasteiger charge is 2.26. The smallest absolute Gasteiger partial charge is 0.194 e. The van der Waals surface area contributed by atoms with E-state index < -0.39 is 0 Å². The number of nitrogens with one attached hydrogen (secondary N) is 1. The minimum atomic E-state index is 0.516. The van der Waals surface area contributed by atoms with E-state index in [1.165, 1.54) is 5.56 Å². The molecule has 1 aromatic heterocycles. The molecule has 1 atom stereocenters. The first-order chi connectivity index (χ1) is 11.7. The molecular weight excluding hydrogens is 304 g/mol. The molecule has 128 valence electrons. The standard InChI is InChI=1S/C18H24N4O2/c1-13-10-17(24-21-13)11-20-18(19-2)22-9-8-15(12-22)14-4-6-16(23-3)7-5-14/h4-7,10,15H,8-9,11-12H2,1-3H3,(H,19,20). The van der Waals surface area contributed by atoms with E-state index in [0.29, 0.717) is 12.5 Å². The van der Waals surface area contributed by atoms with Gasteiger partial charge < -0.3 is 19.5 Å². The molecule has 2 aromatic rings. The van der Waals surface area contributed by atoms with Crippen molar-refractivity contribution in [3.8, 4) is 5.75 Å². The number of methoxy groups -OCH3 is 1. The number of hydrogen-bond donors (Lipinski definition) is 1. The van der Waals surface area contributed by atoms with Gasteiger partial charge in [0.25, 0.3) is 0 Å². The Hall–Kier alpha value is -2.50. The summed E-state index contributed by atoms with van der Waals surface area (Å²) in [5, 5.41) is 7.26. The summed E-state index contributed by atoms with van der Waals surface area (Å²) in [4.78, 5) is 6.69. The second kappa shape index (κ2) is 7.38. The molecule has 1 aromatic carbocycles. The number of benzene rings is 1. The number of aliphatic imine (C=N–C) groups is 1. The first-order valence-electron chi connectivity index (χ1n) is 8.21. The van der Waals surface area contributed by atoms with Gasteiger partial charge in [-0.05, 0) is 31.0 Å². The minimum absolute atomic E-state index is 0.516. The van der Waals surface area contributed by atoms with Gasteiger partial charge in [-0.3, -0.25) is 4.99 Å². The molecule has 1 unspecified atom stereocenters. The maximum absolute atomic E-state index is 5.24. The zero-order valence-corrected chi connectivity index (χ0v) is 14.5. The number of guanidine groups is 1. The van der Waals surface area contributed by atoms with Crippen LogP contribution in [0.1, 0.15) is 29.4 Å². The Morgan fingerprint density at radius 2 is 2.21 bits per heavy atom. The van der Waals surface area contributed by atoms with Crippen molar-refractivity contribution in [2.24, 2.45) is 4.99 Å². The predicted octanol–water partition coefficient (Wildman–Crippen LogP) is 2.56. The summed E-state index contributed by atoms with van der Waals surface area (Å²) in [7, 11) is 3.51. The lowest BCUT2D eigenvalue weighted by molar-refractivity contribution is 0.373. The lowest BCUT2D eigenvalue weighted by Crippen LogP contribution is -2.39. The molecule has 3 rings (SSSR count). The fourth-order valence-corrected chi connectivity index (χ4v) is 3.10. The van der Waals surface area contributed by atoms with Gasteiger partial charge >= 0.3 is 0 Å². The highest BCUT2D eigenvalue weighted by molar-refractivity contribution is 5.80. The van der Waals surface area contributed by atoms with E-state index in [2.05, 4.69) is 32.5 Å². The van der Waals surface area contributed by atoms with E-state index in [9.17, 15) is 0 Å². The fourth-order valence-electron chi connectivity index (χ4n) is 3.10. The summed E-state index contributed by atoms with van der Waals surface area (Å²) in [6.07, 6.45) is 1.12. The van der Waals surface area contributed by atoms with Gasteiger partial charge in [0.1, 0.15) is 5.75 Å². The molecule has 2 heterocycles. The first-order valence-corrected chi connectivity index (χ1v) is 8.21. The number of likely N-dealkylation sites (tertiary alicyclic amines) is 1. The molecule has 0 bridgehead atoms. The van der Waals surface area contributed by atoms with Crippen molar-refractivity contribution in [2.45, 2.75) is 25.8 Å². The number of nitrogens with zero attached hydrogens (tertiary/aromatic N) is 3. The van der Waals surface area contributed by atoms with Crippen LogP contribution in [0.5, 0.6) is 5.75 Å².